The van der Waals surface area contributed by atoms with Crippen LogP contribution in [-0.2, 0) is 6.54 Å². The first-order chi connectivity index (χ1) is 14.0. The van der Waals surface area contributed by atoms with Crippen LogP contribution < -0.4 is 10.5 Å². The topological polar surface area (TPSA) is 83.0 Å². The number of hydrogen-bond donors (Lipinski definition) is 1. The van der Waals surface area contributed by atoms with Crippen LogP contribution in [0.25, 0.3) is 22.1 Å². The molecule has 3 aromatic heterocycles. The fourth-order valence-corrected chi connectivity index (χ4v) is 4.64. The molecular formula is C21H20N4O2S2. The maximum absolute atomic E-state index is 11.9. The Balaban J connectivity index is 1.75. The van der Waals surface area contributed by atoms with Gasteiger partial charge in [0.1, 0.15) is 16.5 Å². The Kier molecular flexibility index (Phi) is 5.21. The van der Waals surface area contributed by atoms with Crippen LogP contribution >= 0.6 is 22.7 Å². The van der Waals surface area contributed by atoms with Gasteiger partial charge in [-0.3, -0.25) is 4.79 Å². The molecule has 2 N–H and O–H groups in total. The summed E-state index contributed by atoms with van der Waals surface area (Å²) in [5.74, 6) is 0.363. The van der Waals surface area contributed by atoms with E-state index < -0.39 is 5.91 Å². The summed E-state index contributed by atoms with van der Waals surface area (Å²) in [6.07, 6.45) is 0. The summed E-state index contributed by atoms with van der Waals surface area (Å²) in [7, 11) is 1.64. The molecule has 1 aromatic carbocycles. The van der Waals surface area contributed by atoms with Gasteiger partial charge in [0.2, 0.25) is 0 Å². The molecule has 3 heterocycles. The molecule has 0 atom stereocenters. The zero-order valence-electron chi connectivity index (χ0n) is 16.3. The third kappa shape index (κ3) is 3.81. The van der Waals surface area contributed by atoms with Gasteiger partial charge >= 0.3 is 0 Å². The van der Waals surface area contributed by atoms with E-state index in [1.54, 1.807) is 29.8 Å². The zero-order chi connectivity index (χ0) is 20.5. The van der Waals surface area contributed by atoms with Crippen molar-refractivity contribution in [3.05, 3.63) is 62.9 Å². The zero-order valence-corrected chi connectivity index (χ0v) is 17.9. The first-order valence-electron chi connectivity index (χ1n) is 8.97. The van der Waals surface area contributed by atoms with Gasteiger partial charge in [0.15, 0.2) is 0 Å². The highest BCUT2D eigenvalue weighted by Gasteiger charge is 2.19. The Bertz CT molecular complexity index is 1170. The van der Waals surface area contributed by atoms with E-state index in [0.717, 1.165) is 44.1 Å². The van der Waals surface area contributed by atoms with Crippen molar-refractivity contribution in [1.29, 1.82) is 0 Å². The van der Waals surface area contributed by atoms with Crippen molar-refractivity contribution in [3.63, 3.8) is 0 Å². The number of carbonyl (C=O) groups is 1. The smallest absolute Gasteiger partial charge is 0.250 e. The van der Waals surface area contributed by atoms with Crippen molar-refractivity contribution >= 4 is 28.6 Å². The molecule has 0 bridgehead atoms. The summed E-state index contributed by atoms with van der Waals surface area (Å²) in [6.45, 7) is 4.48. The number of rotatable bonds is 6. The number of nitrogens with zero attached hydrogens (tertiary/aromatic N) is 3. The first-order valence-corrected chi connectivity index (χ1v) is 10.7. The number of carbonyl (C=O) groups excluding carboxylic acids is 1. The third-order valence-electron chi connectivity index (χ3n) is 4.74. The SMILES string of the molecule is COc1ccc(Cn2c(-c3csc(-c4csc(C)n4)n3)cc(C(N)=O)c2C)cc1. The molecule has 0 aliphatic carbocycles. The van der Waals surface area contributed by atoms with E-state index in [0.29, 0.717) is 12.1 Å². The summed E-state index contributed by atoms with van der Waals surface area (Å²) in [5.41, 5.74) is 10.6. The fraction of sp³-hybridized carbons (Fsp3) is 0.190. The Hall–Kier alpha value is -2.97. The van der Waals surface area contributed by atoms with Crippen LogP contribution in [0.4, 0.5) is 0 Å². The summed E-state index contributed by atoms with van der Waals surface area (Å²) < 4.78 is 7.31. The van der Waals surface area contributed by atoms with Gasteiger partial charge < -0.3 is 15.0 Å². The Morgan fingerprint density at radius 2 is 1.83 bits per heavy atom. The number of methoxy groups -OCH3 is 1. The summed E-state index contributed by atoms with van der Waals surface area (Å²) >= 11 is 3.14. The molecule has 29 heavy (non-hydrogen) atoms. The van der Waals surface area contributed by atoms with Crippen molar-refractivity contribution < 1.29 is 9.53 Å². The predicted molar refractivity (Wildman–Crippen MR) is 117 cm³/mol. The van der Waals surface area contributed by atoms with Crippen molar-refractivity contribution in [2.75, 3.05) is 7.11 Å². The van der Waals surface area contributed by atoms with Crippen LogP contribution in [-0.4, -0.2) is 27.6 Å². The molecule has 0 spiro atoms. The minimum atomic E-state index is -0.442. The average Bonchev–Trinajstić information content (AvgIpc) is 3.42. The average molecular weight is 425 g/mol. The maximum Gasteiger partial charge on any atom is 0.250 e. The molecule has 6 nitrogen and oxygen atoms in total. The molecule has 0 fully saturated rings. The van der Waals surface area contributed by atoms with Crippen LogP contribution in [0.5, 0.6) is 5.75 Å². The van der Waals surface area contributed by atoms with Gasteiger partial charge in [-0.15, -0.1) is 22.7 Å². The number of primary amides is 1. The molecule has 0 radical (unpaired) electrons. The van der Waals surface area contributed by atoms with Gasteiger partial charge in [0, 0.05) is 23.0 Å². The molecular weight excluding hydrogens is 404 g/mol. The summed E-state index contributed by atoms with van der Waals surface area (Å²) in [6, 6.07) is 9.70. The van der Waals surface area contributed by atoms with Crippen LogP contribution in [0, 0.1) is 13.8 Å². The van der Waals surface area contributed by atoms with Gasteiger partial charge in [-0.2, -0.15) is 0 Å². The van der Waals surface area contributed by atoms with Crippen molar-refractivity contribution in [1.82, 2.24) is 14.5 Å². The van der Waals surface area contributed by atoms with E-state index in [1.807, 2.05) is 54.9 Å². The second-order valence-electron chi connectivity index (χ2n) is 6.62. The van der Waals surface area contributed by atoms with Crippen molar-refractivity contribution in [2.45, 2.75) is 20.4 Å². The summed E-state index contributed by atoms with van der Waals surface area (Å²) in [4.78, 5) is 21.2. The third-order valence-corrected chi connectivity index (χ3v) is 6.37. The van der Waals surface area contributed by atoms with E-state index >= 15 is 0 Å². The molecule has 0 aliphatic heterocycles. The minimum absolute atomic E-state index is 0.442. The lowest BCUT2D eigenvalue weighted by Crippen LogP contribution is -2.12. The number of thiazole rings is 2. The number of hydrogen-bond acceptors (Lipinski definition) is 6. The normalized spacial score (nSPS) is 11.0. The number of nitrogens with two attached hydrogens (primary N) is 1. The highest BCUT2D eigenvalue weighted by Crippen LogP contribution is 2.32. The number of benzene rings is 1. The lowest BCUT2D eigenvalue weighted by Gasteiger charge is -2.11. The number of amides is 1. The summed E-state index contributed by atoms with van der Waals surface area (Å²) in [5, 5.41) is 5.87. The predicted octanol–water partition coefficient (Wildman–Crippen LogP) is 4.51. The van der Waals surface area contributed by atoms with E-state index in [1.165, 1.54) is 0 Å². The molecule has 8 heteroatoms. The van der Waals surface area contributed by atoms with Gasteiger partial charge in [-0.25, -0.2) is 9.97 Å². The number of aromatic nitrogens is 3. The molecule has 148 valence electrons. The standard InChI is InChI=1S/C21H20N4O2S2/c1-12-16(20(22)26)8-19(25(12)9-14-4-6-15(27-3)7-5-14)17-10-29-21(24-17)18-11-28-13(2)23-18/h4-8,10-11H,9H2,1-3H3,(H2,22,26). The van der Waals surface area contributed by atoms with Gasteiger partial charge in [-0.1, -0.05) is 12.1 Å². The molecule has 0 saturated heterocycles. The van der Waals surface area contributed by atoms with Crippen LogP contribution in [0.1, 0.15) is 26.6 Å². The molecule has 0 unspecified atom stereocenters. The maximum atomic E-state index is 11.9. The monoisotopic (exact) mass is 424 g/mol. The highest BCUT2D eigenvalue weighted by atomic mass is 32.1. The largest absolute Gasteiger partial charge is 0.497 e. The van der Waals surface area contributed by atoms with Gasteiger partial charge in [0.25, 0.3) is 5.91 Å². The lowest BCUT2D eigenvalue weighted by atomic mass is 10.2. The Morgan fingerprint density at radius 1 is 1.10 bits per heavy atom. The van der Waals surface area contributed by atoms with Crippen LogP contribution in [0.3, 0.4) is 0 Å². The first kappa shape index (κ1) is 19.4. The van der Waals surface area contributed by atoms with Crippen LogP contribution in [0.2, 0.25) is 0 Å². The van der Waals surface area contributed by atoms with Gasteiger partial charge in [-0.05, 0) is 37.6 Å². The number of ether oxygens (including phenoxy) is 1. The van der Waals surface area contributed by atoms with Crippen molar-refractivity contribution in [2.24, 2.45) is 5.73 Å². The second-order valence-corrected chi connectivity index (χ2v) is 8.54. The highest BCUT2D eigenvalue weighted by molar-refractivity contribution is 7.14. The molecule has 0 saturated carbocycles. The quantitative estimate of drug-likeness (QED) is 0.494. The van der Waals surface area contributed by atoms with Crippen molar-refractivity contribution in [3.8, 4) is 27.8 Å². The fourth-order valence-electron chi connectivity index (χ4n) is 3.19. The second kappa shape index (κ2) is 7.81. The Labute approximate surface area is 176 Å². The minimum Gasteiger partial charge on any atom is -0.497 e. The molecule has 0 aliphatic rings. The number of aryl methyl sites for hydroxylation is 1. The Morgan fingerprint density at radius 3 is 2.45 bits per heavy atom. The molecule has 4 rings (SSSR count). The van der Waals surface area contributed by atoms with E-state index in [2.05, 4.69) is 9.55 Å². The van der Waals surface area contributed by atoms with E-state index in [-0.39, 0.29) is 0 Å². The van der Waals surface area contributed by atoms with E-state index in [4.69, 9.17) is 15.5 Å². The molecule has 1 amide bonds. The molecule has 4 aromatic rings. The van der Waals surface area contributed by atoms with Gasteiger partial charge in [0.05, 0.1) is 29.1 Å². The van der Waals surface area contributed by atoms with Crippen LogP contribution in [0.15, 0.2) is 41.1 Å². The van der Waals surface area contributed by atoms with E-state index in [9.17, 15) is 4.79 Å². The lowest BCUT2D eigenvalue weighted by molar-refractivity contribution is 0.0999.